The van der Waals surface area contributed by atoms with Crippen LogP contribution >= 0.6 is 27.5 Å². The average molecular weight is 351 g/mol. The van der Waals surface area contributed by atoms with Gasteiger partial charge < -0.3 is 14.4 Å². The van der Waals surface area contributed by atoms with Crippen LogP contribution in [0.5, 0.6) is 5.75 Å². The molecule has 0 aliphatic rings. The van der Waals surface area contributed by atoms with Gasteiger partial charge in [-0.2, -0.15) is 0 Å². The second kappa shape index (κ2) is 7.72. The van der Waals surface area contributed by atoms with Crippen molar-refractivity contribution in [3.05, 3.63) is 28.8 Å². The Morgan fingerprint density at radius 2 is 2.16 bits per heavy atom. The molecule has 0 spiro atoms. The maximum absolute atomic E-state index is 12.3. The fourth-order valence-electron chi connectivity index (χ4n) is 1.67. The zero-order chi connectivity index (χ0) is 14.4. The number of ether oxygens (including phenoxy) is 2. The highest BCUT2D eigenvalue weighted by Crippen LogP contribution is 2.24. The number of rotatable bonds is 6. The predicted molar refractivity (Wildman–Crippen MR) is 79.6 cm³/mol. The first-order valence-electron chi connectivity index (χ1n) is 5.71. The number of carbonyl (C=O) groups is 1. The maximum Gasteiger partial charge on any atom is 0.257 e. The first-order chi connectivity index (χ1) is 8.99. The third-order valence-corrected chi connectivity index (χ3v) is 3.35. The van der Waals surface area contributed by atoms with E-state index in [2.05, 4.69) is 15.9 Å². The highest BCUT2D eigenvalue weighted by atomic mass is 79.9. The van der Waals surface area contributed by atoms with E-state index in [-0.39, 0.29) is 10.7 Å². The second-order valence-corrected chi connectivity index (χ2v) is 5.81. The largest absolute Gasteiger partial charge is 0.496 e. The van der Waals surface area contributed by atoms with E-state index in [0.717, 1.165) is 0 Å². The lowest BCUT2D eigenvalue weighted by molar-refractivity contribution is 0.0781. The smallest absolute Gasteiger partial charge is 0.257 e. The quantitative estimate of drug-likeness (QED) is 0.741. The van der Waals surface area contributed by atoms with Crippen LogP contribution in [-0.4, -0.2) is 50.1 Å². The molecule has 1 atom stereocenters. The van der Waals surface area contributed by atoms with Gasteiger partial charge in [0.05, 0.1) is 24.1 Å². The lowest BCUT2D eigenvalue weighted by atomic mass is 10.1. The van der Waals surface area contributed by atoms with Gasteiger partial charge in [0.1, 0.15) is 5.75 Å². The highest BCUT2D eigenvalue weighted by Gasteiger charge is 2.19. The minimum absolute atomic E-state index is 0.0802. The van der Waals surface area contributed by atoms with Crippen LogP contribution in [0.2, 0.25) is 5.02 Å². The summed E-state index contributed by atoms with van der Waals surface area (Å²) in [6.45, 7) is 1.06. The molecule has 0 bridgehead atoms. The van der Waals surface area contributed by atoms with Crippen molar-refractivity contribution in [2.75, 3.05) is 34.4 Å². The number of amides is 1. The molecule has 0 heterocycles. The number of methoxy groups -OCH3 is 2. The number of alkyl halides is 1. The fraction of sp³-hybridized carbons (Fsp3) is 0.462. The molecule has 0 N–H and O–H groups in total. The highest BCUT2D eigenvalue weighted by molar-refractivity contribution is 9.09. The fourth-order valence-corrected chi connectivity index (χ4v) is 2.54. The lowest BCUT2D eigenvalue weighted by Crippen LogP contribution is -2.33. The number of halogens is 2. The van der Waals surface area contributed by atoms with Crippen molar-refractivity contribution in [3.8, 4) is 5.75 Å². The Hall–Kier alpha value is -0.780. The summed E-state index contributed by atoms with van der Waals surface area (Å²) in [5, 5.41) is 0.504. The molecule has 4 nitrogen and oxygen atoms in total. The number of hydrogen-bond acceptors (Lipinski definition) is 3. The van der Waals surface area contributed by atoms with Crippen molar-refractivity contribution in [3.63, 3.8) is 0 Å². The summed E-state index contributed by atoms with van der Waals surface area (Å²) in [7, 11) is 4.88. The van der Waals surface area contributed by atoms with E-state index in [1.54, 1.807) is 37.3 Å². The first kappa shape index (κ1) is 16.3. The molecule has 19 heavy (non-hydrogen) atoms. The summed E-state index contributed by atoms with van der Waals surface area (Å²) in [5.41, 5.74) is 0.453. The third-order valence-electron chi connectivity index (χ3n) is 2.56. The van der Waals surface area contributed by atoms with E-state index in [0.29, 0.717) is 29.5 Å². The van der Waals surface area contributed by atoms with Crippen molar-refractivity contribution in [1.82, 2.24) is 4.90 Å². The second-order valence-electron chi connectivity index (χ2n) is 4.08. The molecule has 0 aliphatic heterocycles. The van der Waals surface area contributed by atoms with Crippen LogP contribution in [0.15, 0.2) is 18.2 Å². The lowest BCUT2D eigenvalue weighted by Gasteiger charge is -2.21. The van der Waals surface area contributed by atoms with E-state index < -0.39 is 0 Å². The molecule has 1 amide bonds. The van der Waals surface area contributed by atoms with Gasteiger partial charge in [-0.25, -0.2) is 0 Å². The summed E-state index contributed by atoms with van der Waals surface area (Å²) in [6, 6.07) is 4.98. The molecular weight excluding hydrogens is 334 g/mol. The summed E-state index contributed by atoms with van der Waals surface area (Å²) in [4.78, 5) is 14.0. The number of hydrogen-bond donors (Lipinski definition) is 0. The topological polar surface area (TPSA) is 38.8 Å². The minimum Gasteiger partial charge on any atom is -0.496 e. The third kappa shape index (κ3) is 4.67. The Morgan fingerprint density at radius 3 is 2.74 bits per heavy atom. The first-order valence-corrected chi connectivity index (χ1v) is 7.01. The number of nitrogens with zero attached hydrogens (tertiary/aromatic N) is 1. The molecule has 0 saturated heterocycles. The molecule has 0 aromatic heterocycles. The zero-order valence-electron chi connectivity index (χ0n) is 11.2. The summed E-state index contributed by atoms with van der Waals surface area (Å²) in [5.74, 6) is 0.374. The van der Waals surface area contributed by atoms with Crippen LogP contribution in [0, 0.1) is 0 Å². The maximum atomic E-state index is 12.3. The van der Waals surface area contributed by atoms with Gasteiger partial charge in [0.2, 0.25) is 0 Å². The van der Waals surface area contributed by atoms with Crippen LogP contribution in [0.25, 0.3) is 0 Å². The molecule has 0 fully saturated rings. The van der Waals surface area contributed by atoms with Crippen LogP contribution in [-0.2, 0) is 4.74 Å². The van der Waals surface area contributed by atoms with E-state index in [9.17, 15) is 4.79 Å². The van der Waals surface area contributed by atoms with Gasteiger partial charge in [0, 0.05) is 25.7 Å². The predicted octanol–water partition coefficient (Wildman–Crippen LogP) is 2.83. The zero-order valence-corrected chi connectivity index (χ0v) is 13.5. The van der Waals surface area contributed by atoms with Crippen molar-refractivity contribution in [2.24, 2.45) is 0 Å². The van der Waals surface area contributed by atoms with E-state index >= 15 is 0 Å². The van der Waals surface area contributed by atoms with Gasteiger partial charge in [0.25, 0.3) is 5.91 Å². The van der Waals surface area contributed by atoms with Gasteiger partial charge in [-0.15, -0.1) is 0 Å². The number of benzene rings is 1. The Labute approximate surface area is 126 Å². The molecule has 0 saturated carbocycles. The van der Waals surface area contributed by atoms with E-state index in [1.165, 1.54) is 7.11 Å². The van der Waals surface area contributed by atoms with Gasteiger partial charge >= 0.3 is 0 Å². The van der Waals surface area contributed by atoms with E-state index in [1.807, 2.05) is 0 Å². The van der Waals surface area contributed by atoms with Gasteiger partial charge in [0.15, 0.2) is 0 Å². The van der Waals surface area contributed by atoms with Crippen LogP contribution in [0.3, 0.4) is 0 Å². The Kier molecular flexibility index (Phi) is 6.62. The van der Waals surface area contributed by atoms with Gasteiger partial charge in [-0.1, -0.05) is 27.5 Å². The molecule has 1 rings (SSSR count). The van der Waals surface area contributed by atoms with Crippen molar-refractivity contribution < 1.29 is 14.3 Å². The van der Waals surface area contributed by atoms with Crippen molar-refractivity contribution in [2.45, 2.75) is 4.83 Å². The van der Waals surface area contributed by atoms with Crippen LogP contribution in [0.1, 0.15) is 10.4 Å². The monoisotopic (exact) mass is 349 g/mol. The molecule has 106 valence electrons. The SMILES string of the molecule is COCC(Br)CN(C)C(=O)c1cc(Cl)ccc1OC. The van der Waals surface area contributed by atoms with E-state index in [4.69, 9.17) is 21.1 Å². The number of carbonyl (C=O) groups excluding carboxylic acids is 1. The molecule has 6 heteroatoms. The molecule has 1 aromatic rings. The standard InChI is InChI=1S/C13H17BrClNO3/c1-16(7-9(14)8-18-2)13(17)11-6-10(15)4-5-12(11)19-3/h4-6,9H,7-8H2,1-3H3. The van der Waals surface area contributed by atoms with Crippen LogP contribution in [0.4, 0.5) is 0 Å². The molecular formula is C13H17BrClNO3. The minimum atomic E-state index is -0.139. The molecule has 0 aliphatic carbocycles. The molecule has 1 unspecified atom stereocenters. The summed E-state index contributed by atoms with van der Waals surface area (Å²) < 4.78 is 10.2. The average Bonchev–Trinajstić information content (AvgIpc) is 2.37. The Bertz CT molecular complexity index is 442. The Morgan fingerprint density at radius 1 is 1.47 bits per heavy atom. The van der Waals surface area contributed by atoms with Crippen molar-refractivity contribution >= 4 is 33.4 Å². The molecule has 0 radical (unpaired) electrons. The molecule has 1 aromatic carbocycles. The van der Waals surface area contributed by atoms with Gasteiger partial charge in [-0.3, -0.25) is 4.79 Å². The van der Waals surface area contributed by atoms with Gasteiger partial charge in [-0.05, 0) is 18.2 Å². The summed E-state index contributed by atoms with van der Waals surface area (Å²) in [6.07, 6.45) is 0. The Balaban J connectivity index is 2.84. The van der Waals surface area contributed by atoms with Crippen LogP contribution < -0.4 is 4.74 Å². The van der Waals surface area contributed by atoms with Crippen molar-refractivity contribution in [1.29, 1.82) is 0 Å². The summed E-state index contributed by atoms with van der Waals surface area (Å²) >= 11 is 9.38. The normalized spacial score (nSPS) is 12.1.